The molecule has 3 aromatic heterocycles. The fourth-order valence-electron chi connectivity index (χ4n) is 5.74. The van der Waals surface area contributed by atoms with Gasteiger partial charge in [0.1, 0.15) is 17.3 Å². The molecule has 0 amide bonds. The minimum Gasteiger partial charge on any atom is -0.421 e. The van der Waals surface area contributed by atoms with Crippen LogP contribution in [0.2, 0.25) is 0 Å². The molecule has 1 aromatic carbocycles. The number of nitrogens with one attached hydrogen (secondary N) is 2. The second-order valence-electron chi connectivity index (χ2n) is 11.0. The van der Waals surface area contributed by atoms with E-state index in [0.717, 1.165) is 30.3 Å². The number of nitrogens with zero attached hydrogens (tertiary/aromatic N) is 6. The molecule has 2 aliphatic heterocycles. The van der Waals surface area contributed by atoms with Crippen molar-refractivity contribution in [3.63, 3.8) is 0 Å². The molecule has 7 rings (SSSR count). The van der Waals surface area contributed by atoms with E-state index in [9.17, 15) is 4.39 Å². The molecule has 1 aliphatic carbocycles. The first-order chi connectivity index (χ1) is 17.7. The van der Waals surface area contributed by atoms with Gasteiger partial charge in [0, 0.05) is 55.6 Å². The van der Waals surface area contributed by atoms with Gasteiger partial charge in [-0.25, -0.2) is 14.4 Å². The summed E-state index contributed by atoms with van der Waals surface area (Å²) in [6, 6.07) is 3.19. The van der Waals surface area contributed by atoms with Gasteiger partial charge in [0.15, 0.2) is 5.75 Å². The average molecular weight is 505 g/mol. The first-order valence-corrected chi connectivity index (χ1v) is 12.5. The number of fused-ring (bicyclic) bond motifs is 3. The summed E-state index contributed by atoms with van der Waals surface area (Å²) in [5.74, 6) is 1.36. The van der Waals surface area contributed by atoms with E-state index in [1.165, 1.54) is 12.1 Å². The Bertz CT molecular complexity index is 1520. The lowest BCUT2D eigenvalue weighted by molar-refractivity contribution is 0.359. The number of anilines is 3. The Labute approximate surface area is 212 Å². The summed E-state index contributed by atoms with van der Waals surface area (Å²) in [5.41, 5.74) is 14.5. The molecule has 37 heavy (non-hydrogen) atoms. The van der Waals surface area contributed by atoms with Gasteiger partial charge in [0.2, 0.25) is 5.95 Å². The van der Waals surface area contributed by atoms with Gasteiger partial charge >= 0.3 is 6.01 Å². The van der Waals surface area contributed by atoms with Crippen LogP contribution in [0.25, 0.3) is 21.9 Å². The van der Waals surface area contributed by atoms with Crippen molar-refractivity contribution < 1.29 is 9.13 Å². The third kappa shape index (κ3) is 3.62. The van der Waals surface area contributed by atoms with E-state index in [0.29, 0.717) is 53.9 Å². The number of ether oxygens (including phenoxy) is 1. The fourth-order valence-corrected chi connectivity index (χ4v) is 5.74. The quantitative estimate of drug-likeness (QED) is 0.319. The van der Waals surface area contributed by atoms with Crippen LogP contribution in [0.1, 0.15) is 19.8 Å². The van der Waals surface area contributed by atoms with Crippen LogP contribution >= 0.6 is 0 Å². The molecule has 6 N–H and O–H groups in total. The summed E-state index contributed by atoms with van der Waals surface area (Å²) in [7, 11) is 1.76. The SMILES string of the molecule is CNc1cc(F)cc2c1[nH]c1nc(Oc3cnc(N4CC(C)(N)C4)nc3)nc(N3C[C@H](N)C4(CC4)C3)c12. The summed E-state index contributed by atoms with van der Waals surface area (Å²) in [4.78, 5) is 25.8. The molecular weight excluding hydrogens is 475 g/mol. The molecule has 1 spiro atoms. The second-order valence-corrected chi connectivity index (χ2v) is 11.0. The number of aromatic amines is 1. The Morgan fingerprint density at radius 3 is 2.54 bits per heavy atom. The maximum Gasteiger partial charge on any atom is 0.326 e. The smallest absolute Gasteiger partial charge is 0.326 e. The Morgan fingerprint density at radius 1 is 1.14 bits per heavy atom. The molecule has 11 nitrogen and oxygen atoms in total. The highest BCUT2D eigenvalue weighted by atomic mass is 19.1. The van der Waals surface area contributed by atoms with Gasteiger partial charge in [-0.2, -0.15) is 9.97 Å². The molecule has 5 heterocycles. The number of nitrogens with two attached hydrogens (primary N) is 2. The van der Waals surface area contributed by atoms with Crippen molar-refractivity contribution in [2.75, 3.05) is 48.3 Å². The number of H-pyrrole nitrogens is 1. The van der Waals surface area contributed by atoms with Crippen molar-refractivity contribution in [1.29, 1.82) is 0 Å². The zero-order valence-corrected chi connectivity index (χ0v) is 20.8. The monoisotopic (exact) mass is 504 g/mol. The molecule has 4 aromatic rings. The van der Waals surface area contributed by atoms with Crippen LogP contribution in [0, 0.1) is 11.2 Å². The number of halogens is 1. The zero-order chi connectivity index (χ0) is 25.5. The number of benzene rings is 1. The molecular formula is C25H29FN10O. The van der Waals surface area contributed by atoms with Crippen molar-refractivity contribution in [2.45, 2.75) is 31.3 Å². The van der Waals surface area contributed by atoms with E-state index in [1.54, 1.807) is 19.4 Å². The zero-order valence-electron chi connectivity index (χ0n) is 20.8. The average Bonchev–Trinajstić information content (AvgIpc) is 3.44. The first-order valence-electron chi connectivity index (χ1n) is 12.5. The van der Waals surface area contributed by atoms with Crippen molar-refractivity contribution >= 4 is 39.4 Å². The topological polar surface area (TPSA) is 147 Å². The lowest BCUT2D eigenvalue weighted by atomic mass is 9.94. The molecule has 0 unspecified atom stereocenters. The molecule has 3 fully saturated rings. The van der Waals surface area contributed by atoms with Gasteiger partial charge in [-0.15, -0.1) is 0 Å². The van der Waals surface area contributed by atoms with Crippen LogP contribution in [-0.4, -0.2) is 69.7 Å². The molecule has 0 bridgehead atoms. The third-order valence-electron chi connectivity index (χ3n) is 7.87. The summed E-state index contributed by atoms with van der Waals surface area (Å²) in [6.07, 6.45) is 5.43. The lowest BCUT2D eigenvalue weighted by Gasteiger charge is -2.45. The minimum atomic E-state index is -0.338. The molecule has 12 heteroatoms. The van der Waals surface area contributed by atoms with E-state index in [4.69, 9.17) is 21.2 Å². The molecule has 3 aliphatic rings. The normalized spacial score (nSPS) is 21.6. The summed E-state index contributed by atoms with van der Waals surface area (Å²) in [6.45, 7) is 4.87. The van der Waals surface area contributed by atoms with Gasteiger partial charge < -0.3 is 36.3 Å². The largest absolute Gasteiger partial charge is 0.421 e. The summed E-state index contributed by atoms with van der Waals surface area (Å²) < 4.78 is 20.6. The number of rotatable bonds is 5. The van der Waals surface area contributed by atoms with Crippen LogP contribution in [0.4, 0.5) is 21.8 Å². The van der Waals surface area contributed by atoms with E-state index >= 15 is 0 Å². The molecule has 1 saturated carbocycles. The van der Waals surface area contributed by atoms with Crippen LogP contribution in [0.3, 0.4) is 0 Å². The van der Waals surface area contributed by atoms with Crippen LogP contribution < -0.4 is 31.3 Å². The van der Waals surface area contributed by atoms with Crippen LogP contribution in [0.15, 0.2) is 24.5 Å². The van der Waals surface area contributed by atoms with Crippen molar-refractivity contribution in [3.05, 3.63) is 30.3 Å². The molecule has 1 atom stereocenters. The Hall–Kier alpha value is -3.77. The highest BCUT2D eigenvalue weighted by Crippen LogP contribution is 2.53. The van der Waals surface area contributed by atoms with E-state index in [2.05, 4.69) is 30.2 Å². The van der Waals surface area contributed by atoms with E-state index < -0.39 is 0 Å². The van der Waals surface area contributed by atoms with Crippen molar-refractivity contribution in [2.24, 2.45) is 16.9 Å². The molecule has 0 radical (unpaired) electrons. The molecule has 192 valence electrons. The van der Waals surface area contributed by atoms with Gasteiger partial charge in [0.05, 0.1) is 29.0 Å². The Kier molecular flexibility index (Phi) is 4.62. The second kappa shape index (κ2) is 7.62. The number of hydrogen-bond acceptors (Lipinski definition) is 10. The van der Waals surface area contributed by atoms with Gasteiger partial charge in [-0.3, -0.25) is 0 Å². The van der Waals surface area contributed by atoms with E-state index in [1.807, 2.05) is 11.8 Å². The Morgan fingerprint density at radius 2 is 1.89 bits per heavy atom. The van der Waals surface area contributed by atoms with Gasteiger partial charge in [-0.1, -0.05) is 0 Å². The number of hydrogen-bond donors (Lipinski definition) is 4. The highest BCUT2D eigenvalue weighted by molar-refractivity contribution is 6.14. The van der Waals surface area contributed by atoms with Crippen molar-refractivity contribution in [3.8, 4) is 11.8 Å². The standard InChI is InChI=1S/C25H29FN10O/c1-24(28)10-36(11-24)22-30-7-14(8-31-22)37-23-33-20-18(15-5-13(26)6-16(29-2)19(15)32-20)21(34-23)35-9-17(27)25(12-35)3-4-25/h5-8,17,29H,3-4,9-12,27-28H2,1-2H3,(H,32,33,34)/t17-/m0/s1. The summed E-state index contributed by atoms with van der Waals surface area (Å²) >= 11 is 0. The number of aromatic nitrogens is 5. The first kappa shape index (κ1) is 22.4. The van der Waals surface area contributed by atoms with Gasteiger partial charge in [-0.05, 0) is 31.9 Å². The van der Waals surface area contributed by atoms with Crippen LogP contribution in [-0.2, 0) is 0 Å². The third-order valence-corrected chi connectivity index (χ3v) is 7.87. The maximum atomic E-state index is 14.5. The Balaban J connectivity index is 1.29. The van der Waals surface area contributed by atoms with Gasteiger partial charge in [0.25, 0.3) is 0 Å². The van der Waals surface area contributed by atoms with E-state index in [-0.39, 0.29) is 28.8 Å². The molecule has 2 saturated heterocycles. The summed E-state index contributed by atoms with van der Waals surface area (Å²) in [5, 5.41) is 4.52. The minimum absolute atomic E-state index is 0.0644. The maximum absolute atomic E-state index is 14.5. The predicted octanol–water partition coefficient (Wildman–Crippen LogP) is 2.34. The highest BCUT2D eigenvalue weighted by Gasteiger charge is 2.54. The lowest BCUT2D eigenvalue weighted by Crippen LogP contribution is -2.66. The van der Waals surface area contributed by atoms with Crippen molar-refractivity contribution in [1.82, 2.24) is 24.9 Å². The fraction of sp³-hybridized carbons (Fsp3) is 0.440. The van der Waals surface area contributed by atoms with Crippen LogP contribution in [0.5, 0.6) is 11.8 Å². The predicted molar refractivity (Wildman–Crippen MR) is 140 cm³/mol.